The fourth-order valence-corrected chi connectivity index (χ4v) is 6.42. The van der Waals surface area contributed by atoms with Crippen molar-refractivity contribution >= 4 is 39.3 Å². The quantitative estimate of drug-likeness (QED) is 0.116. The number of rotatable bonds is 10. The Bertz CT molecular complexity index is 1300. The largest absolute Gasteiger partial charge is 0.465 e. The second-order valence-corrected chi connectivity index (χ2v) is 12.1. The third kappa shape index (κ3) is 5.88. The van der Waals surface area contributed by atoms with Gasteiger partial charge < -0.3 is 4.74 Å². The second kappa shape index (κ2) is 11.9. The first-order valence-electron chi connectivity index (χ1n) is 14.8. The summed E-state index contributed by atoms with van der Waals surface area (Å²) in [5.74, 6) is 0.0656. The molecule has 0 radical (unpaired) electrons. The van der Waals surface area contributed by atoms with Gasteiger partial charge in [-0.2, -0.15) is 0 Å². The van der Waals surface area contributed by atoms with Gasteiger partial charge in [-0.3, -0.25) is 19.3 Å². The molecule has 5 rings (SSSR count). The Morgan fingerprint density at radius 1 is 0.821 bits per heavy atom. The van der Waals surface area contributed by atoms with E-state index in [9.17, 15) is 14.4 Å². The summed E-state index contributed by atoms with van der Waals surface area (Å²) < 4.78 is 5.73. The summed E-state index contributed by atoms with van der Waals surface area (Å²) in [4.78, 5) is 41.8. The molecule has 39 heavy (non-hydrogen) atoms. The van der Waals surface area contributed by atoms with Gasteiger partial charge in [-0.15, -0.1) is 0 Å². The molecular formula is C34H41NO4. The molecule has 0 N–H and O–H groups in total. The van der Waals surface area contributed by atoms with Gasteiger partial charge >= 0.3 is 5.97 Å². The Hall–Kier alpha value is -3.21. The summed E-state index contributed by atoms with van der Waals surface area (Å²) >= 11 is 0. The lowest BCUT2D eigenvalue weighted by atomic mass is 9.83. The maximum absolute atomic E-state index is 13.6. The molecule has 1 saturated carbocycles. The molecule has 1 aliphatic carbocycles. The molecule has 3 aromatic carbocycles. The van der Waals surface area contributed by atoms with Gasteiger partial charge in [0.05, 0.1) is 29.7 Å². The highest BCUT2D eigenvalue weighted by molar-refractivity contribution is 6.23. The van der Waals surface area contributed by atoms with Crippen molar-refractivity contribution in [2.75, 3.05) is 6.61 Å². The molecule has 5 heteroatoms. The minimum absolute atomic E-state index is 0.264. The fraction of sp³-hybridized carbons (Fsp3) is 0.500. The summed E-state index contributed by atoms with van der Waals surface area (Å²) in [5.41, 5.74) is 0.874. The Kier molecular flexibility index (Phi) is 8.34. The Labute approximate surface area is 231 Å². The van der Waals surface area contributed by atoms with Crippen LogP contribution in [0.3, 0.4) is 0 Å². The fourth-order valence-electron chi connectivity index (χ4n) is 6.42. The average Bonchev–Trinajstić information content (AvgIpc) is 3.16. The number of hydrogen-bond acceptors (Lipinski definition) is 4. The number of carbonyl (C=O) groups excluding carboxylic acids is 3. The predicted molar refractivity (Wildman–Crippen MR) is 156 cm³/mol. The smallest absolute Gasteiger partial charge is 0.311 e. The van der Waals surface area contributed by atoms with Crippen LogP contribution in [0.15, 0.2) is 48.5 Å². The third-order valence-corrected chi connectivity index (χ3v) is 8.67. The van der Waals surface area contributed by atoms with Gasteiger partial charge in [0.1, 0.15) is 0 Å². The standard InChI is InChI=1S/C34H41NO4/c1-22(2)10-8-11-23(3)12-9-17-39-34(38)28-15-6-7-16-31(28)35-32(36)29-20-26-18-24-13-4-5-14-25(24)19-27(26)21-30(29)33(35)37/h4-5,13-14,18-23,28,31H,6-12,15-17H2,1-3H3/t23-,28-,31-/m0/s1. The lowest BCUT2D eigenvalue weighted by Gasteiger charge is -2.35. The zero-order chi connectivity index (χ0) is 27.5. The monoisotopic (exact) mass is 527 g/mol. The third-order valence-electron chi connectivity index (χ3n) is 8.67. The van der Waals surface area contributed by atoms with Crippen molar-refractivity contribution in [1.82, 2.24) is 4.90 Å². The van der Waals surface area contributed by atoms with Crippen molar-refractivity contribution in [3.63, 3.8) is 0 Å². The van der Waals surface area contributed by atoms with Gasteiger partial charge in [-0.1, -0.05) is 77.1 Å². The van der Waals surface area contributed by atoms with Gasteiger partial charge in [0.2, 0.25) is 0 Å². The van der Waals surface area contributed by atoms with E-state index in [1.54, 1.807) is 0 Å². The van der Waals surface area contributed by atoms with Crippen LogP contribution in [0.5, 0.6) is 0 Å². The Morgan fingerprint density at radius 3 is 2.03 bits per heavy atom. The summed E-state index contributed by atoms with van der Waals surface area (Å²) in [5, 5.41) is 4.07. The molecule has 2 aliphatic rings. The maximum Gasteiger partial charge on any atom is 0.311 e. The number of ether oxygens (including phenoxy) is 1. The molecular weight excluding hydrogens is 486 g/mol. The zero-order valence-corrected chi connectivity index (χ0v) is 23.6. The number of hydrogen-bond donors (Lipinski definition) is 0. The number of nitrogens with zero attached hydrogens (tertiary/aromatic N) is 1. The normalized spacial score (nSPS) is 20.2. The molecule has 0 unspecified atom stereocenters. The Morgan fingerprint density at radius 2 is 1.41 bits per heavy atom. The second-order valence-electron chi connectivity index (χ2n) is 12.1. The molecule has 3 atom stereocenters. The van der Waals surface area contributed by atoms with Crippen molar-refractivity contribution in [2.45, 2.75) is 84.6 Å². The average molecular weight is 528 g/mol. The summed E-state index contributed by atoms with van der Waals surface area (Å²) in [7, 11) is 0. The highest BCUT2D eigenvalue weighted by atomic mass is 16.5. The summed E-state index contributed by atoms with van der Waals surface area (Å²) in [6.45, 7) is 7.19. The highest BCUT2D eigenvalue weighted by Crippen LogP contribution is 2.37. The lowest BCUT2D eigenvalue weighted by Crippen LogP contribution is -2.48. The number of carbonyl (C=O) groups is 3. The van der Waals surface area contributed by atoms with Gasteiger partial charge in [0.15, 0.2) is 0 Å². The van der Waals surface area contributed by atoms with E-state index in [2.05, 4.69) is 32.9 Å². The van der Waals surface area contributed by atoms with E-state index in [4.69, 9.17) is 4.74 Å². The molecule has 0 bridgehead atoms. The van der Waals surface area contributed by atoms with Crippen molar-refractivity contribution in [1.29, 1.82) is 0 Å². The highest BCUT2D eigenvalue weighted by Gasteiger charge is 2.46. The van der Waals surface area contributed by atoms with E-state index in [-0.39, 0.29) is 17.8 Å². The van der Waals surface area contributed by atoms with Crippen LogP contribution < -0.4 is 0 Å². The summed E-state index contributed by atoms with van der Waals surface area (Å²) in [6, 6.07) is 15.5. The van der Waals surface area contributed by atoms with E-state index in [1.165, 1.54) is 24.2 Å². The van der Waals surface area contributed by atoms with Crippen LogP contribution in [0.25, 0.3) is 21.5 Å². The molecule has 5 nitrogen and oxygen atoms in total. The van der Waals surface area contributed by atoms with Crippen molar-refractivity contribution in [3.8, 4) is 0 Å². The zero-order valence-electron chi connectivity index (χ0n) is 23.6. The topological polar surface area (TPSA) is 63.7 Å². The summed E-state index contributed by atoms with van der Waals surface area (Å²) in [6.07, 6.45) is 8.69. The molecule has 206 valence electrons. The first-order chi connectivity index (χ1) is 18.8. The van der Waals surface area contributed by atoms with Crippen LogP contribution in [0.4, 0.5) is 0 Å². The van der Waals surface area contributed by atoms with E-state index in [1.807, 2.05) is 36.4 Å². The maximum atomic E-state index is 13.6. The molecule has 0 saturated heterocycles. The number of esters is 1. The van der Waals surface area contributed by atoms with Crippen LogP contribution >= 0.6 is 0 Å². The number of imide groups is 1. The van der Waals surface area contributed by atoms with Gasteiger partial charge in [-0.05, 0) is 83.3 Å². The first kappa shape index (κ1) is 27.4. The minimum atomic E-state index is -0.457. The van der Waals surface area contributed by atoms with E-state index in [0.29, 0.717) is 36.5 Å². The van der Waals surface area contributed by atoms with Crippen molar-refractivity contribution in [3.05, 3.63) is 59.7 Å². The molecule has 1 fully saturated rings. The van der Waals surface area contributed by atoms with Crippen LogP contribution in [0.1, 0.15) is 99.3 Å². The molecule has 1 heterocycles. The van der Waals surface area contributed by atoms with Crippen LogP contribution in [-0.2, 0) is 9.53 Å². The number of amides is 2. The van der Waals surface area contributed by atoms with Crippen LogP contribution in [0.2, 0.25) is 0 Å². The van der Waals surface area contributed by atoms with E-state index in [0.717, 1.165) is 53.1 Å². The molecule has 0 spiro atoms. The molecule has 0 aromatic heterocycles. The molecule has 2 amide bonds. The van der Waals surface area contributed by atoms with Gasteiger partial charge in [-0.25, -0.2) is 0 Å². The van der Waals surface area contributed by atoms with Crippen LogP contribution in [0, 0.1) is 17.8 Å². The van der Waals surface area contributed by atoms with Crippen molar-refractivity contribution < 1.29 is 19.1 Å². The first-order valence-corrected chi connectivity index (χ1v) is 14.8. The molecule has 3 aromatic rings. The van der Waals surface area contributed by atoms with Crippen LogP contribution in [-0.4, -0.2) is 35.3 Å². The lowest BCUT2D eigenvalue weighted by molar-refractivity contribution is -0.151. The van der Waals surface area contributed by atoms with E-state index < -0.39 is 12.0 Å². The number of fused-ring (bicyclic) bond motifs is 3. The van der Waals surface area contributed by atoms with Gasteiger partial charge in [0, 0.05) is 0 Å². The van der Waals surface area contributed by atoms with E-state index >= 15 is 0 Å². The SMILES string of the molecule is CC(C)CCC[C@H](C)CCCOC(=O)[C@H]1CCCC[C@@H]1N1C(=O)c2cc3cc4ccccc4cc3cc2C1=O. The molecule has 1 aliphatic heterocycles. The minimum Gasteiger partial charge on any atom is -0.465 e. The Balaban J connectivity index is 1.26. The predicted octanol–water partition coefficient (Wildman–Crippen LogP) is 7.93. The van der Waals surface area contributed by atoms with Gasteiger partial charge in [0.25, 0.3) is 11.8 Å². The number of benzene rings is 3. The van der Waals surface area contributed by atoms with Crippen molar-refractivity contribution in [2.24, 2.45) is 17.8 Å².